The summed E-state index contributed by atoms with van der Waals surface area (Å²) in [6.45, 7) is 2.32. The summed E-state index contributed by atoms with van der Waals surface area (Å²) in [5, 5.41) is 0.565. The van der Waals surface area contributed by atoms with Crippen molar-refractivity contribution in [2.24, 2.45) is 5.73 Å². The van der Waals surface area contributed by atoms with Gasteiger partial charge in [-0.1, -0.05) is 35.9 Å². The Morgan fingerprint density at radius 2 is 1.90 bits per heavy atom. The second kappa shape index (κ2) is 6.64. The van der Waals surface area contributed by atoms with Crippen molar-refractivity contribution in [2.45, 2.75) is 19.6 Å². The number of benzene rings is 2. The molecule has 0 amide bonds. The summed E-state index contributed by atoms with van der Waals surface area (Å²) in [5.74, 6) is 1.44. The predicted octanol–water partition coefficient (Wildman–Crippen LogP) is 3.95. The van der Waals surface area contributed by atoms with Crippen LogP contribution in [0, 0.1) is 0 Å². The predicted molar refractivity (Wildman–Crippen MR) is 81.4 cm³/mol. The van der Waals surface area contributed by atoms with Crippen LogP contribution in [-0.4, -0.2) is 7.11 Å². The number of nitrogens with two attached hydrogens (primary N) is 1. The molecule has 0 fully saturated rings. The molecule has 0 aromatic heterocycles. The van der Waals surface area contributed by atoms with Crippen molar-refractivity contribution >= 4 is 11.6 Å². The highest BCUT2D eigenvalue weighted by Gasteiger charge is 2.08. The van der Waals surface area contributed by atoms with Crippen LogP contribution in [-0.2, 0) is 6.61 Å². The van der Waals surface area contributed by atoms with Crippen molar-refractivity contribution in [3.63, 3.8) is 0 Å². The van der Waals surface area contributed by atoms with E-state index in [0.717, 1.165) is 16.9 Å². The maximum atomic E-state index is 6.20. The highest BCUT2D eigenvalue weighted by molar-refractivity contribution is 6.32. The fourth-order valence-corrected chi connectivity index (χ4v) is 2.14. The summed E-state index contributed by atoms with van der Waals surface area (Å²) in [5.41, 5.74) is 7.78. The van der Waals surface area contributed by atoms with Crippen LogP contribution in [0.1, 0.15) is 24.1 Å². The molecule has 2 aromatic rings. The molecule has 20 heavy (non-hydrogen) atoms. The van der Waals surface area contributed by atoms with E-state index in [9.17, 15) is 0 Å². The fraction of sp³-hybridized carbons (Fsp3) is 0.250. The summed E-state index contributed by atoms with van der Waals surface area (Å²) in [6.07, 6.45) is 0. The lowest BCUT2D eigenvalue weighted by Crippen LogP contribution is -2.05. The third kappa shape index (κ3) is 3.44. The van der Waals surface area contributed by atoms with Crippen LogP contribution in [0.25, 0.3) is 0 Å². The Morgan fingerprint density at radius 1 is 1.15 bits per heavy atom. The Morgan fingerprint density at radius 3 is 2.55 bits per heavy atom. The molecule has 0 saturated carbocycles. The molecule has 106 valence electrons. The monoisotopic (exact) mass is 291 g/mol. The second-order valence-electron chi connectivity index (χ2n) is 4.58. The van der Waals surface area contributed by atoms with E-state index in [2.05, 4.69) is 0 Å². The van der Waals surface area contributed by atoms with Gasteiger partial charge in [-0.15, -0.1) is 0 Å². The lowest BCUT2D eigenvalue weighted by Gasteiger charge is -2.13. The van der Waals surface area contributed by atoms with Gasteiger partial charge in [0.25, 0.3) is 0 Å². The molecule has 2 rings (SSSR count). The van der Waals surface area contributed by atoms with Gasteiger partial charge in [0.05, 0.1) is 12.1 Å². The van der Waals surface area contributed by atoms with E-state index in [4.69, 9.17) is 26.8 Å². The van der Waals surface area contributed by atoms with Gasteiger partial charge in [0.2, 0.25) is 0 Å². The first-order valence-corrected chi connectivity index (χ1v) is 6.79. The first kappa shape index (κ1) is 14.7. The molecule has 3 nitrogen and oxygen atoms in total. The molecule has 4 heteroatoms. The third-order valence-corrected chi connectivity index (χ3v) is 3.35. The summed E-state index contributed by atoms with van der Waals surface area (Å²) in [4.78, 5) is 0. The number of hydrogen-bond acceptors (Lipinski definition) is 3. The molecular formula is C16H18ClNO2. The number of halogens is 1. The van der Waals surface area contributed by atoms with E-state index in [1.54, 1.807) is 7.11 Å². The zero-order chi connectivity index (χ0) is 14.5. The smallest absolute Gasteiger partial charge is 0.138 e. The van der Waals surface area contributed by atoms with Gasteiger partial charge >= 0.3 is 0 Å². The number of rotatable bonds is 5. The topological polar surface area (TPSA) is 44.5 Å². The molecule has 0 aliphatic rings. The van der Waals surface area contributed by atoms with Crippen molar-refractivity contribution < 1.29 is 9.47 Å². The number of methoxy groups -OCH3 is 1. The fourth-order valence-electron chi connectivity index (χ4n) is 1.90. The van der Waals surface area contributed by atoms with Crippen LogP contribution in [0.2, 0.25) is 5.02 Å². The van der Waals surface area contributed by atoms with Crippen LogP contribution in [0.5, 0.6) is 11.5 Å². The minimum atomic E-state index is -0.0456. The Kier molecular flexibility index (Phi) is 4.88. The molecule has 0 aliphatic heterocycles. The highest BCUT2D eigenvalue weighted by Crippen LogP contribution is 2.29. The van der Waals surface area contributed by atoms with Crippen LogP contribution in [0.3, 0.4) is 0 Å². The van der Waals surface area contributed by atoms with E-state index < -0.39 is 0 Å². The molecule has 0 spiro atoms. The molecule has 0 radical (unpaired) electrons. The van der Waals surface area contributed by atoms with Crippen molar-refractivity contribution in [3.8, 4) is 11.5 Å². The molecule has 0 heterocycles. The van der Waals surface area contributed by atoms with Crippen LogP contribution in [0.15, 0.2) is 42.5 Å². The van der Waals surface area contributed by atoms with Gasteiger partial charge in [-0.25, -0.2) is 0 Å². The largest absolute Gasteiger partial charge is 0.496 e. The van der Waals surface area contributed by atoms with Gasteiger partial charge in [0.15, 0.2) is 0 Å². The summed E-state index contributed by atoms with van der Waals surface area (Å²) < 4.78 is 11.0. The van der Waals surface area contributed by atoms with Crippen molar-refractivity contribution in [1.29, 1.82) is 0 Å². The quantitative estimate of drug-likeness (QED) is 0.907. The SMILES string of the molecule is COc1ccccc1COc1ccc([C@H](C)N)cc1Cl. The number of ether oxygens (including phenoxy) is 2. The van der Waals surface area contributed by atoms with Gasteiger partial charge < -0.3 is 15.2 Å². The minimum absolute atomic E-state index is 0.0456. The summed E-state index contributed by atoms with van der Waals surface area (Å²) in [6, 6.07) is 13.3. The van der Waals surface area contributed by atoms with Crippen molar-refractivity contribution in [3.05, 3.63) is 58.6 Å². The first-order chi connectivity index (χ1) is 9.61. The molecule has 2 aromatic carbocycles. The van der Waals surface area contributed by atoms with Crippen molar-refractivity contribution in [1.82, 2.24) is 0 Å². The Balaban J connectivity index is 2.11. The third-order valence-electron chi connectivity index (χ3n) is 3.06. The zero-order valence-electron chi connectivity index (χ0n) is 11.6. The van der Waals surface area contributed by atoms with E-state index in [0.29, 0.717) is 17.4 Å². The molecular weight excluding hydrogens is 274 g/mol. The minimum Gasteiger partial charge on any atom is -0.496 e. The van der Waals surface area contributed by atoms with E-state index in [-0.39, 0.29) is 6.04 Å². The standard InChI is InChI=1S/C16H18ClNO2/c1-11(18)12-7-8-16(14(17)9-12)20-10-13-5-3-4-6-15(13)19-2/h3-9,11H,10,18H2,1-2H3/t11-/m0/s1. The second-order valence-corrected chi connectivity index (χ2v) is 4.99. The van der Waals surface area contributed by atoms with Gasteiger partial charge in [-0.2, -0.15) is 0 Å². The van der Waals surface area contributed by atoms with Gasteiger partial charge in [0.1, 0.15) is 18.1 Å². The van der Waals surface area contributed by atoms with Crippen LogP contribution >= 0.6 is 11.6 Å². The number of hydrogen-bond donors (Lipinski definition) is 1. The normalized spacial score (nSPS) is 12.0. The Bertz CT molecular complexity index is 584. The zero-order valence-corrected chi connectivity index (χ0v) is 12.4. The maximum absolute atomic E-state index is 6.20. The van der Waals surface area contributed by atoms with Crippen molar-refractivity contribution in [2.75, 3.05) is 7.11 Å². The van der Waals surface area contributed by atoms with E-state index in [1.807, 2.05) is 49.4 Å². The van der Waals surface area contributed by atoms with Gasteiger partial charge in [0, 0.05) is 11.6 Å². The molecule has 1 atom stereocenters. The average Bonchev–Trinajstić information content (AvgIpc) is 2.46. The Hall–Kier alpha value is -1.71. The van der Waals surface area contributed by atoms with E-state index in [1.165, 1.54) is 0 Å². The summed E-state index contributed by atoms with van der Waals surface area (Å²) >= 11 is 6.20. The highest BCUT2D eigenvalue weighted by atomic mass is 35.5. The maximum Gasteiger partial charge on any atom is 0.138 e. The van der Waals surface area contributed by atoms with Crippen LogP contribution in [0.4, 0.5) is 0 Å². The lowest BCUT2D eigenvalue weighted by molar-refractivity contribution is 0.297. The lowest BCUT2D eigenvalue weighted by atomic mass is 10.1. The first-order valence-electron chi connectivity index (χ1n) is 6.41. The summed E-state index contributed by atoms with van der Waals surface area (Å²) in [7, 11) is 1.64. The van der Waals surface area contributed by atoms with E-state index >= 15 is 0 Å². The molecule has 2 N–H and O–H groups in total. The molecule has 0 saturated heterocycles. The molecule has 0 unspecified atom stereocenters. The molecule has 0 bridgehead atoms. The number of para-hydroxylation sites is 1. The van der Waals surface area contributed by atoms with Gasteiger partial charge in [-0.05, 0) is 30.7 Å². The Labute approximate surface area is 124 Å². The van der Waals surface area contributed by atoms with Gasteiger partial charge in [-0.3, -0.25) is 0 Å². The molecule has 0 aliphatic carbocycles. The van der Waals surface area contributed by atoms with Crippen LogP contribution < -0.4 is 15.2 Å². The average molecular weight is 292 g/mol.